The lowest BCUT2D eigenvalue weighted by atomic mass is 10.1. The molecule has 0 saturated heterocycles. The summed E-state index contributed by atoms with van der Waals surface area (Å²) in [6.07, 6.45) is 0. The Morgan fingerprint density at radius 1 is 1.14 bits per heavy atom. The van der Waals surface area contributed by atoms with E-state index in [0.717, 1.165) is 25.9 Å². The minimum atomic E-state index is 0.00682. The highest BCUT2D eigenvalue weighted by Crippen LogP contribution is 2.32. The number of hydrogen-bond donors (Lipinski definition) is 1. The maximum Gasteiger partial charge on any atom is 0.162 e. The number of rotatable bonds is 2. The van der Waals surface area contributed by atoms with Gasteiger partial charge in [-0.05, 0) is 78.9 Å². The molecule has 0 aliphatic heterocycles. The number of hydrogen-bond acceptors (Lipinski definition) is 2. The molecule has 3 rings (SSSR count). The summed E-state index contributed by atoms with van der Waals surface area (Å²) in [5, 5.41) is 10.5. The lowest BCUT2D eigenvalue weighted by molar-refractivity contribution is 0.101. The second kappa shape index (κ2) is 5.18. The van der Waals surface area contributed by atoms with E-state index in [4.69, 9.17) is 0 Å². The summed E-state index contributed by atoms with van der Waals surface area (Å²) in [7, 11) is 0. The Kier molecular flexibility index (Phi) is 3.49. The summed E-state index contributed by atoms with van der Waals surface area (Å²) in [5.74, 6) is 0.178. The Balaban J connectivity index is 2.40. The van der Waals surface area contributed by atoms with Crippen LogP contribution in [0.15, 0.2) is 42.5 Å². The molecule has 0 aliphatic carbocycles. The van der Waals surface area contributed by atoms with Crippen molar-refractivity contribution < 1.29 is 9.90 Å². The fourth-order valence-electron chi connectivity index (χ4n) is 2.77. The normalized spacial score (nSPS) is 11.0. The molecule has 0 atom stereocenters. The molecule has 0 saturated carbocycles. The van der Waals surface area contributed by atoms with Crippen molar-refractivity contribution in [2.24, 2.45) is 0 Å². The Morgan fingerprint density at radius 3 is 2.43 bits per heavy atom. The third-order valence-corrected chi connectivity index (χ3v) is 4.34. The van der Waals surface area contributed by atoms with Crippen LogP contribution in [0.2, 0.25) is 0 Å². The van der Waals surface area contributed by atoms with Crippen molar-refractivity contribution >= 4 is 39.3 Å². The van der Waals surface area contributed by atoms with Crippen LogP contribution < -0.4 is 0 Å². The van der Waals surface area contributed by atoms with Gasteiger partial charge < -0.3 is 9.67 Å². The molecule has 21 heavy (non-hydrogen) atoms. The summed E-state index contributed by atoms with van der Waals surface area (Å²) >= 11 is 2.27. The number of benzene rings is 2. The average Bonchev–Trinajstić information content (AvgIpc) is 2.71. The molecular weight excluding hydrogens is 377 g/mol. The third kappa shape index (κ3) is 2.33. The second-order valence-electron chi connectivity index (χ2n) is 5.03. The molecule has 0 aliphatic rings. The van der Waals surface area contributed by atoms with Crippen molar-refractivity contribution in [2.45, 2.75) is 13.8 Å². The SMILES string of the molecule is CC(=O)c1c(C)n(-c2ccc(I)cc2)c2ccc(O)cc12. The number of Topliss-reactive ketones (excluding diaryl/α,β-unsaturated/α-hetero) is 1. The van der Waals surface area contributed by atoms with Crippen LogP contribution in [0.3, 0.4) is 0 Å². The summed E-state index contributed by atoms with van der Waals surface area (Å²) < 4.78 is 3.22. The zero-order valence-corrected chi connectivity index (χ0v) is 13.9. The zero-order chi connectivity index (χ0) is 15.1. The predicted octanol–water partition coefficient (Wildman–Crippen LogP) is 4.45. The van der Waals surface area contributed by atoms with Crippen LogP contribution in [-0.2, 0) is 0 Å². The number of carbonyl (C=O) groups excluding carboxylic acids is 1. The van der Waals surface area contributed by atoms with Crippen molar-refractivity contribution in [3.63, 3.8) is 0 Å². The summed E-state index contributed by atoms with van der Waals surface area (Å²) in [6, 6.07) is 13.3. The van der Waals surface area contributed by atoms with Gasteiger partial charge in [0.1, 0.15) is 5.75 Å². The van der Waals surface area contributed by atoms with Gasteiger partial charge in [-0.3, -0.25) is 4.79 Å². The van der Waals surface area contributed by atoms with Gasteiger partial charge in [-0.15, -0.1) is 0 Å². The third-order valence-electron chi connectivity index (χ3n) is 3.62. The molecule has 106 valence electrons. The van der Waals surface area contributed by atoms with Crippen molar-refractivity contribution in [3.05, 3.63) is 57.3 Å². The van der Waals surface area contributed by atoms with Crippen molar-refractivity contribution in [2.75, 3.05) is 0 Å². The highest BCUT2D eigenvalue weighted by molar-refractivity contribution is 14.1. The molecule has 0 bridgehead atoms. The van der Waals surface area contributed by atoms with Crippen LogP contribution >= 0.6 is 22.6 Å². The lowest BCUT2D eigenvalue weighted by Gasteiger charge is -2.08. The van der Waals surface area contributed by atoms with Crippen molar-refractivity contribution in [1.29, 1.82) is 0 Å². The lowest BCUT2D eigenvalue weighted by Crippen LogP contribution is -1.99. The summed E-state index contributed by atoms with van der Waals surface area (Å²) in [4.78, 5) is 12.0. The number of aromatic hydroxyl groups is 1. The number of halogens is 1. The summed E-state index contributed by atoms with van der Waals surface area (Å²) in [6.45, 7) is 3.50. The van der Waals surface area contributed by atoms with Crippen LogP contribution in [0.5, 0.6) is 5.75 Å². The molecule has 0 unspecified atom stereocenters. The standard InChI is InChI=1S/C17H14INO2/c1-10-17(11(2)20)15-9-14(21)7-8-16(15)19(10)13-5-3-12(18)4-6-13/h3-9,21H,1-2H3. The van der Waals surface area contributed by atoms with E-state index >= 15 is 0 Å². The Hall–Kier alpha value is -1.82. The van der Waals surface area contributed by atoms with Crippen molar-refractivity contribution in [1.82, 2.24) is 4.57 Å². The smallest absolute Gasteiger partial charge is 0.162 e. The van der Waals surface area contributed by atoms with E-state index in [1.54, 1.807) is 19.1 Å². The highest BCUT2D eigenvalue weighted by Gasteiger charge is 2.18. The first-order chi connectivity index (χ1) is 9.99. The molecule has 1 aromatic heterocycles. The van der Waals surface area contributed by atoms with Gasteiger partial charge in [0, 0.05) is 25.9 Å². The maximum atomic E-state index is 12.0. The Labute approximate surface area is 136 Å². The average molecular weight is 391 g/mol. The predicted molar refractivity (Wildman–Crippen MR) is 92.4 cm³/mol. The van der Waals surface area contributed by atoms with Gasteiger partial charge in [0.25, 0.3) is 0 Å². The topological polar surface area (TPSA) is 42.2 Å². The number of phenolic OH excluding ortho intramolecular Hbond substituents is 1. The molecule has 1 heterocycles. The van der Waals surface area contributed by atoms with E-state index in [1.807, 2.05) is 37.3 Å². The van der Waals surface area contributed by atoms with Crippen LogP contribution in [0.4, 0.5) is 0 Å². The van der Waals surface area contributed by atoms with Gasteiger partial charge in [-0.1, -0.05) is 0 Å². The monoisotopic (exact) mass is 391 g/mol. The van der Waals surface area contributed by atoms with Crippen molar-refractivity contribution in [3.8, 4) is 11.4 Å². The van der Waals surface area contributed by atoms with Gasteiger partial charge in [-0.2, -0.15) is 0 Å². The van der Waals surface area contributed by atoms with Gasteiger partial charge in [0.15, 0.2) is 5.78 Å². The molecule has 0 radical (unpaired) electrons. The van der Waals surface area contributed by atoms with E-state index in [1.165, 1.54) is 0 Å². The number of ketones is 1. The molecular formula is C17H14INO2. The zero-order valence-electron chi connectivity index (χ0n) is 11.7. The number of nitrogens with zero attached hydrogens (tertiary/aromatic N) is 1. The first-order valence-electron chi connectivity index (χ1n) is 6.60. The van der Waals surface area contributed by atoms with E-state index in [0.29, 0.717) is 5.56 Å². The maximum absolute atomic E-state index is 12.0. The quantitative estimate of drug-likeness (QED) is 0.518. The van der Waals surface area contributed by atoms with E-state index in [2.05, 4.69) is 27.2 Å². The molecule has 0 amide bonds. The molecule has 4 heteroatoms. The summed E-state index contributed by atoms with van der Waals surface area (Å²) in [5.41, 5.74) is 3.50. The van der Waals surface area contributed by atoms with Crippen LogP contribution in [0, 0.1) is 10.5 Å². The number of fused-ring (bicyclic) bond motifs is 1. The first kappa shape index (κ1) is 14.1. The first-order valence-corrected chi connectivity index (χ1v) is 7.68. The molecule has 3 nitrogen and oxygen atoms in total. The van der Waals surface area contributed by atoms with Crippen LogP contribution in [0.1, 0.15) is 23.0 Å². The molecule has 3 aromatic rings. The Bertz CT molecular complexity index is 847. The minimum absolute atomic E-state index is 0.00682. The van der Waals surface area contributed by atoms with Gasteiger partial charge in [0.2, 0.25) is 0 Å². The molecule has 0 fully saturated rings. The number of phenols is 1. The Morgan fingerprint density at radius 2 is 1.81 bits per heavy atom. The number of aromatic nitrogens is 1. The van der Waals surface area contributed by atoms with Gasteiger partial charge in [-0.25, -0.2) is 0 Å². The van der Waals surface area contributed by atoms with Crippen LogP contribution in [0.25, 0.3) is 16.6 Å². The number of carbonyl (C=O) groups is 1. The molecule has 0 spiro atoms. The van der Waals surface area contributed by atoms with Crippen LogP contribution in [-0.4, -0.2) is 15.5 Å². The van der Waals surface area contributed by atoms with E-state index in [9.17, 15) is 9.90 Å². The van der Waals surface area contributed by atoms with Gasteiger partial charge >= 0.3 is 0 Å². The largest absolute Gasteiger partial charge is 0.508 e. The van der Waals surface area contributed by atoms with Gasteiger partial charge in [0.05, 0.1) is 5.52 Å². The fourth-order valence-corrected chi connectivity index (χ4v) is 3.13. The minimum Gasteiger partial charge on any atom is -0.508 e. The van der Waals surface area contributed by atoms with E-state index < -0.39 is 0 Å². The molecule has 1 N–H and O–H groups in total. The second-order valence-corrected chi connectivity index (χ2v) is 6.28. The fraction of sp³-hybridized carbons (Fsp3) is 0.118. The molecule has 2 aromatic carbocycles. The highest BCUT2D eigenvalue weighted by atomic mass is 127. The van der Waals surface area contributed by atoms with E-state index in [-0.39, 0.29) is 11.5 Å².